The summed E-state index contributed by atoms with van der Waals surface area (Å²) in [4.78, 5) is 24.6. The highest BCUT2D eigenvalue weighted by Gasteiger charge is 2.06. The van der Waals surface area contributed by atoms with Crippen molar-refractivity contribution in [3.8, 4) is 0 Å². The standard InChI is InChI=1S/C24H26N2O3S/c27-23(12-5-13-25-24(28)22-11-6-14-30-22)26-16-20-9-4-10-21(15-20)18-29-17-19-7-2-1-3-8-19/h1-4,6-11,14-15H,5,12-13,16-18H2,(H,25,28)(H,26,27). The van der Waals surface area contributed by atoms with Crippen LogP contribution < -0.4 is 10.6 Å². The van der Waals surface area contributed by atoms with Crippen LogP contribution in [0.2, 0.25) is 0 Å². The molecule has 0 radical (unpaired) electrons. The highest BCUT2D eigenvalue weighted by atomic mass is 32.1. The van der Waals surface area contributed by atoms with Crippen LogP contribution >= 0.6 is 11.3 Å². The molecule has 0 aliphatic rings. The highest BCUT2D eigenvalue weighted by Crippen LogP contribution is 2.10. The van der Waals surface area contributed by atoms with Gasteiger partial charge in [0.25, 0.3) is 5.91 Å². The minimum Gasteiger partial charge on any atom is -0.372 e. The zero-order valence-corrected chi connectivity index (χ0v) is 17.6. The molecule has 2 aromatic carbocycles. The van der Waals surface area contributed by atoms with E-state index in [0.29, 0.717) is 44.0 Å². The molecule has 30 heavy (non-hydrogen) atoms. The average Bonchev–Trinajstić information content (AvgIpc) is 3.31. The second-order valence-electron chi connectivity index (χ2n) is 6.91. The molecule has 1 aromatic heterocycles. The lowest BCUT2D eigenvalue weighted by atomic mass is 10.1. The van der Waals surface area contributed by atoms with Crippen molar-refractivity contribution in [1.29, 1.82) is 0 Å². The van der Waals surface area contributed by atoms with Gasteiger partial charge in [0.2, 0.25) is 5.91 Å². The van der Waals surface area contributed by atoms with E-state index in [-0.39, 0.29) is 11.8 Å². The van der Waals surface area contributed by atoms with Crippen molar-refractivity contribution in [2.45, 2.75) is 32.6 Å². The Labute approximate surface area is 181 Å². The first-order chi connectivity index (χ1) is 14.7. The summed E-state index contributed by atoms with van der Waals surface area (Å²) in [5.41, 5.74) is 3.26. The average molecular weight is 423 g/mol. The Bertz CT molecular complexity index is 927. The minimum atomic E-state index is -0.0864. The van der Waals surface area contributed by atoms with Crippen molar-refractivity contribution < 1.29 is 14.3 Å². The van der Waals surface area contributed by atoms with Gasteiger partial charge in [-0.1, -0.05) is 60.7 Å². The monoisotopic (exact) mass is 422 g/mol. The van der Waals surface area contributed by atoms with Crippen LogP contribution in [-0.4, -0.2) is 18.4 Å². The van der Waals surface area contributed by atoms with E-state index in [4.69, 9.17) is 4.74 Å². The Hall–Kier alpha value is -2.96. The summed E-state index contributed by atoms with van der Waals surface area (Å²) >= 11 is 1.41. The first-order valence-electron chi connectivity index (χ1n) is 9.98. The Morgan fingerprint density at radius 2 is 1.60 bits per heavy atom. The van der Waals surface area contributed by atoms with Crippen LogP contribution in [0.25, 0.3) is 0 Å². The van der Waals surface area contributed by atoms with E-state index < -0.39 is 0 Å². The largest absolute Gasteiger partial charge is 0.372 e. The van der Waals surface area contributed by atoms with Gasteiger partial charge in [0.1, 0.15) is 0 Å². The fourth-order valence-corrected chi connectivity index (χ4v) is 3.57. The molecule has 3 aromatic rings. The Morgan fingerprint density at radius 3 is 2.40 bits per heavy atom. The molecular formula is C24H26N2O3S. The number of carbonyl (C=O) groups excluding carboxylic acids is 2. The van der Waals surface area contributed by atoms with Crippen LogP contribution in [0.1, 0.15) is 39.2 Å². The molecule has 0 fully saturated rings. The number of nitrogens with one attached hydrogen (secondary N) is 2. The number of carbonyl (C=O) groups is 2. The predicted molar refractivity (Wildman–Crippen MR) is 119 cm³/mol. The van der Waals surface area contributed by atoms with Gasteiger partial charge in [-0.15, -0.1) is 11.3 Å². The van der Waals surface area contributed by atoms with Crippen LogP contribution in [0.5, 0.6) is 0 Å². The fraction of sp³-hybridized carbons (Fsp3) is 0.250. The molecule has 0 saturated heterocycles. The molecule has 0 bridgehead atoms. The molecule has 6 heteroatoms. The van der Waals surface area contributed by atoms with Crippen LogP contribution in [0.3, 0.4) is 0 Å². The van der Waals surface area contributed by atoms with E-state index >= 15 is 0 Å². The van der Waals surface area contributed by atoms with Crippen LogP contribution in [0.4, 0.5) is 0 Å². The molecule has 0 spiro atoms. The topological polar surface area (TPSA) is 67.4 Å². The number of thiophene rings is 1. The number of hydrogen-bond acceptors (Lipinski definition) is 4. The highest BCUT2D eigenvalue weighted by molar-refractivity contribution is 7.12. The molecule has 0 aliphatic heterocycles. The zero-order valence-electron chi connectivity index (χ0n) is 16.8. The molecule has 1 heterocycles. The van der Waals surface area contributed by atoms with E-state index in [1.165, 1.54) is 11.3 Å². The third-order valence-electron chi connectivity index (χ3n) is 4.47. The van der Waals surface area contributed by atoms with E-state index in [2.05, 4.69) is 10.6 Å². The second-order valence-corrected chi connectivity index (χ2v) is 7.86. The first kappa shape index (κ1) is 21.7. The van der Waals surface area contributed by atoms with Crippen molar-refractivity contribution >= 4 is 23.2 Å². The lowest BCUT2D eigenvalue weighted by Gasteiger charge is -2.09. The van der Waals surface area contributed by atoms with E-state index in [9.17, 15) is 9.59 Å². The summed E-state index contributed by atoms with van der Waals surface area (Å²) in [6, 6.07) is 21.7. The maximum absolute atomic E-state index is 12.1. The molecule has 156 valence electrons. The van der Waals surface area contributed by atoms with Gasteiger partial charge < -0.3 is 15.4 Å². The van der Waals surface area contributed by atoms with E-state index in [0.717, 1.165) is 16.7 Å². The predicted octanol–water partition coefficient (Wildman–Crippen LogP) is 4.29. The normalized spacial score (nSPS) is 10.5. The molecule has 2 N–H and O–H groups in total. The van der Waals surface area contributed by atoms with Crippen molar-refractivity contribution in [3.05, 3.63) is 93.7 Å². The molecule has 0 unspecified atom stereocenters. The summed E-state index contributed by atoms with van der Waals surface area (Å²) in [6.07, 6.45) is 0.987. The Balaban J connectivity index is 1.32. The van der Waals surface area contributed by atoms with Crippen LogP contribution in [0, 0.1) is 0 Å². The van der Waals surface area contributed by atoms with Crippen molar-refractivity contribution in [2.24, 2.45) is 0 Å². The quantitative estimate of drug-likeness (QED) is 0.453. The van der Waals surface area contributed by atoms with Gasteiger partial charge in [-0.3, -0.25) is 9.59 Å². The summed E-state index contributed by atoms with van der Waals surface area (Å²) in [6.45, 7) is 2.07. The summed E-state index contributed by atoms with van der Waals surface area (Å²) in [5.74, 6) is -0.109. The Kier molecular flexibility index (Phi) is 8.62. The van der Waals surface area contributed by atoms with Gasteiger partial charge in [-0.25, -0.2) is 0 Å². The van der Waals surface area contributed by atoms with Gasteiger partial charge in [0.15, 0.2) is 0 Å². The maximum Gasteiger partial charge on any atom is 0.261 e. The first-order valence-corrected chi connectivity index (χ1v) is 10.9. The lowest BCUT2D eigenvalue weighted by Crippen LogP contribution is -2.27. The molecular weight excluding hydrogens is 396 g/mol. The second kappa shape index (κ2) is 11.9. The SMILES string of the molecule is O=C(CCCNC(=O)c1cccs1)NCc1cccc(COCc2ccccc2)c1. The molecule has 0 aliphatic carbocycles. The van der Waals surface area contributed by atoms with Crippen molar-refractivity contribution in [1.82, 2.24) is 10.6 Å². The Morgan fingerprint density at radius 1 is 0.833 bits per heavy atom. The number of hydrogen-bond donors (Lipinski definition) is 2. The summed E-state index contributed by atoms with van der Waals surface area (Å²) in [7, 11) is 0. The van der Waals surface area contributed by atoms with Crippen molar-refractivity contribution in [2.75, 3.05) is 6.54 Å². The summed E-state index contributed by atoms with van der Waals surface area (Å²) in [5, 5.41) is 7.63. The van der Waals surface area contributed by atoms with E-state index in [1.807, 2.05) is 66.0 Å². The van der Waals surface area contributed by atoms with Gasteiger partial charge in [-0.2, -0.15) is 0 Å². The van der Waals surface area contributed by atoms with E-state index in [1.54, 1.807) is 6.07 Å². The van der Waals surface area contributed by atoms with Gasteiger partial charge in [0.05, 0.1) is 18.1 Å². The maximum atomic E-state index is 12.1. The molecule has 5 nitrogen and oxygen atoms in total. The smallest absolute Gasteiger partial charge is 0.261 e. The number of rotatable bonds is 11. The number of amides is 2. The van der Waals surface area contributed by atoms with Gasteiger partial charge >= 0.3 is 0 Å². The summed E-state index contributed by atoms with van der Waals surface area (Å²) < 4.78 is 5.78. The zero-order chi connectivity index (χ0) is 21.0. The van der Waals surface area contributed by atoms with Crippen LogP contribution in [-0.2, 0) is 29.3 Å². The number of ether oxygens (including phenoxy) is 1. The third kappa shape index (κ3) is 7.46. The molecule has 0 atom stereocenters. The lowest BCUT2D eigenvalue weighted by molar-refractivity contribution is -0.121. The fourth-order valence-electron chi connectivity index (χ4n) is 2.93. The van der Waals surface area contributed by atoms with Gasteiger partial charge in [-0.05, 0) is 34.6 Å². The molecule has 0 saturated carbocycles. The third-order valence-corrected chi connectivity index (χ3v) is 5.34. The minimum absolute atomic E-state index is 0.0221. The van der Waals surface area contributed by atoms with Crippen LogP contribution in [0.15, 0.2) is 72.1 Å². The van der Waals surface area contributed by atoms with Gasteiger partial charge in [0, 0.05) is 19.5 Å². The number of benzene rings is 2. The van der Waals surface area contributed by atoms with Crippen molar-refractivity contribution in [3.63, 3.8) is 0 Å². The molecule has 3 rings (SSSR count). The molecule has 2 amide bonds.